The van der Waals surface area contributed by atoms with Gasteiger partial charge >= 0.3 is 5.97 Å². The van der Waals surface area contributed by atoms with Crippen LogP contribution >= 0.6 is 11.3 Å². The van der Waals surface area contributed by atoms with Crippen molar-refractivity contribution in [3.63, 3.8) is 0 Å². The predicted octanol–water partition coefficient (Wildman–Crippen LogP) is 1.50. The van der Waals surface area contributed by atoms with Crippen molar-refractivity contribution in [3.05, 3.63) is 11.1 Å². The van der Waals surface area contributed by atoms with Gasteiger partial charge < -0.3 is 15.3 Å². The Morgan fingerprint density at radius 2 is 2.09 bits per heavy atom. The number of anilines is 1. The minimum Gasteiger partial charge on any atom is -0.481 e. The highest BCUT2D eigenvalue weighted by molar-refractivity contribution is 7.13. The summed E-state index contributed by atoms with van der Waals surface area (Å²) < 4.78 is 0. The Morgan fingerprint density at radius 3 is 2.86 bits per heavy atom. The van der Waals surface area contributed by atoms with E-state index >= 15 is 0 Å². The summed E-state index contributed by atoms with van der Waals surface area (Å²) in [4.78, 5) is 40.2. The number of hydrogen-bond donors (Lipinski definition) is 2. The first-order chi connectivity index (χ1) is 10.5. The molecule has 0 spiro atoms. The Kier molecular flexibility index (Phi) is 5.88. The first-order valence-corrected chi connectivity index (χ1v) is 8.16. The molecule has 2 N–H and O–H groups in total. The predicted molar refractivity (Wildman–Crippen MR) is 81.7 cm³/mol. The van der Waals surface area contributed by atoms with Crippen LogP contribution in [0.5, 0.6) is 0 Å². The van der Waals surface area contributed by atoms with Crippen molar-refractivity contribution in [1.82, 2.24) is 9.88 Å². The number of carboxylic acid groups (broad SMARTS) is 1. The quantitative estimate of drug-likeness (QED) is 0.854. The number of carboxylic acids is 1. The van der Waals surface area contributed by atoms with Gasteiger partial charge in [0.2, 0.25) is 11.8 Å². The summed E-state index contributed by atoms with van der Waals surface area (Å²) in [6, 6.07) is 0. The molecule has 1 aromatic rings. The van der Waals surface area contributed by atoms with Crippen LogP contribution in [0.15, 0.2) is 5.38 Å². The number of nitrogens with one attached hydrogen (secondary N) is 1. The minimum atomic E-state index is -0.964. The number of amides is 2. The molecule has 1 aromatic heterocycles. The number of thiazole rings is 1. The van der Waals surface area contributed by atoms with Gasteiger partial charge in [-0.25, -0.2) is 4.98 Å². The van der Waals surface area contributed by atoms with Gasteiger partial charge in [-0.1, -0.05) is 12.8 Å². The van der Waals surface area contributed by atoms with E-state index in [4.69, 9.17) is 5.11 Å². The summed E-state index contributed by atoms with van der Waals surface area (Å²) in [5.74, 6) is -1.25. The van der Waals surface area contributed by atoms with Crippen LogP contribution in [-0.2, 0) is 20.8 Å². The van der Waals surface area contributed by atoms with E-state index in [0.717, 1.165) is 25.7 Å². The molecule has 1 saturated heterocycles. The lowest BCUT2D eigenvalue weighted by atomic mass is 10.1. The highest BCUT2D eigenvalue weighted by Gasteiger charge is 2.19. The summed E-state index contributed by atoms with van der Waals surface area (Å²) in [5.41, 5.74) is 0.412. The number of hydrogen-bond acceptors (Lipinski definition) is 5. The van der Waals surface area contributed by atoms with Crippen LogP contribution in [0.2, 0.25) is 0 Å². The van der Waals surface area contributed by atoms with Crippen molar-refractivity contribution >= 4 is 34.3 Å². The second-order valence-electron chi connectivity index (χ2n) is 5.24. The van der Waals surface area contributed by atoms with Crippen molar-refractivity contribution in [2.75, 3.05) is 18.4 Å². The number of likely N-dealkylation sites (tertiary alicyclic amines) is 1. The van der Waals surface area contributed by atoms with Crippen LogP contribution in [0.1, 0.15) is 37.8 Å². The van der Waals surface area contributed by atoms with Crippen LogP contribution in [0.25, 0.3) is 0 Å². The standard InChI is InChI=1S/C14H19N3O4S/c18-11(8-17-6-4-2-1-3-5-12(17)19)16-14-15-10(9-22-14)7-13(20)21/h9H,1-8H2,(H,20,21)(H,15,16,18). The largest absolute Gasteiger partial charge is 0.481 e. The fourth-order valence-corrected chi connectivity index (χ4v) is 3.04. The minimum absolute atomic E-state index is 0.0144. The zero-order chi connectivity index (χ0) is 15.9. The molecular weight excluding hydrogens is 306 g/mol. The lowest BCUT2D eigenvalue weighted by molar-refractivity contribution is -0.136. The van der Waals surface area contributed by atoms with E-state index < -0.39 is 5.97 Å². The SMILES string of the molecule is O=C(O)Cc1csc(NC(=O)CN2CCCCCCC2=O)n1. The average molecular weight is 325 g/mol. The van der Waals surface area contributed by atoms with E-state index in [0.29, 0.717) is 23.8 Å². The molecule has 8 heteroatoms. The highest BCUT2D eigenvalue weighted by atomic mass is 32.1. The molecule has 2 heterocycles. The van der Waals surface area contributed by atoms with E-state index in [1.807, 2.05) is 0 Å². The Morgan fingerprint density at radius 1 is 1.32 bits per heavy atom. The fraction of sp³-hybridized carbons (Fsp3) is 0.571. The molecule has 0 saturated carbocycles. The Labute approximate surface area is 132 Å². The number of carbonyl (C=O) groups is 3. The summed E-state index contributed by atoms with van der Waals surface area (Å²) in [6.45, 7) is 0.626. The third-order valence-electron chi connectivity index (χ3n) is 3.39. The van der Waals surface area contributed by atoms with Crippen LogP contribution in [-0.4, -0.2) is 45.9 Å². The molecule has 1 aliphatic rings. The Balaban J connectivity index is 1.87. The van der Waals surface area contributed by atoms with Gasteiger partial charge in [0.15, 0.2) is 5.13 Å². The zero-order valence-corrected chi connectivity index (χ0v) is 13.0. The van der Waals surface area contributed by atoms with Crippen molar-refractivity contribution in [3.8, 4) is 0 Å². The van der Waals surface area contributed by atoms with Gasteiger partial charge in [0.05, 0.1) is 18.7 Å². The molecule has 0 atom stereocenters. The average Bonchev–Trinajstić information content (AvgIpc) is 2.84. The third-order valence-corrected chi connectivity index (χ3v) is 4.19. The number of carbonyl (C=O) groups excluding carboxylic acids is 2. The molecule has 2 rings (SSSR count). The molecule has 0 aromatic carbocycles. The van der Waals surface area contributed by atoms with E-state index in [9.17, 15) is 14.4 Å². The molecule has 7 nitrogen and oxygen atoms in total. The molecule has 1 aliphatic heterocycles. The molecular formula is C14H19N3O4S. The second kappa shape index (κ2) is 7.88. The molecule has 0 aliphatic carbocycles. The first-order valence-electron chi connectivity index (χ1n) is 7.28. The second-order valence-corrected chi connectivity index (χ2v) is 6.10. The molecule has 1 fully saturated rings. The molecule has 22 heavy (non-hydrogen) atoms. The molecule has 0 radical (unpaired) electrons. The lowest BCUT2D eigenvalue weighted by Gasteiger charge is -2.23. The van der Waals surface area contributed by atoms with E-state index in [1.54, 1.807) is 10.3 Å². The number of aromatic nitrogens is 1. The topological polar surface area (TPSA) is 99.6 Å². The summed E-state index contributed by atoms with van der Waals surface area (Å²) in [5, 5.41) is 13.3. The lowest BCUT2D eigenvalue weighted by Crippen LogP contribution is -2.39. The fourth-order valence-electron chi connectivity index (χ4n) is 2.32. The Hall–Kier alpha value is -1.96. The monoisotopic (exact) mass is 325 g/mol. The van der Waals surface area contributed by atoms with Crippen molar-refractivity contribution in [2.45, 2.75) is 38.5 Å². The zero-order valence-electron chi connectivity index (χ0n) is 12.2. The number of nitrogens with zero attached hydrogens (tertiary/aromatic N) is 2. The molecule has 2 amide bonds. The van der Waals surface area contributed by atoms with Crippen LogP contribution < -0.4 is 5.32 Å². The maximum atomic E-state index is 12.0. The maximum absolute atomic E-state index is 12.0. The summed E-state index contributed by atoms with van der Waals surface area (Å²) in [7, 11) is 0. The van der Waals surface area contributed by atoms with Gasteiger partial charge in [-0.05, 0) is 12.8 Å². The normalized spacial score (nSPS) is 16.0. The van der Waals surface area contributed by atoms with Crippen molar-refractivity contribution < 1.29 is 19.5 Å². The number of aliphatic carboxylic acids is 1. The molecule has 0 unspecified atom stereocenters. The number of rotatable bonds is 5. The van der Waals surface area contributed by atoms with E-state index in [2.05, 4.69) is 10.3 Å². The molecule has 0 bridgehead atoms. The first kappa shape index (κ1) is 16.4. The van der Waals surface area contributed by atoms with Crippen molar-refractivity contribution in [1.29, 1.82) is 0 Å². The van der Waals surface area contributed by atoms with Gasteiger partial charge in [0, 0.05) is 18.3 Å². The van der Waals surface area contributed by atoms with Gasteiger partial charge in [0.25, 0.3) is 0 Å². The highest BCUT2D eigenvalue weighted by Crippen LogP contribution is 2.16. The van der Waals surface area contributed by atoms with Gasteiger partial charge in [0.1, 0.15) is 0 Å². The van der Waals surface area contributed by atoms with Gasteiger partial charge in [-0.2, -0.15) is 0 Å². The third kappa shape index (κ3) is 5.10. The Bertz CT molecular complexity index is 558. The van der Waals surface area contributed by atoms with Crippen LogP contribution in [0, 0.1) is 0 Å². The smallest absolute Gasteiger partial charge is 0.309 e. The van der Waals surface area contributed by atoms with E-state index in [1.165, 1.54) is 11.3 Å². The van der Waals surface area contributed by atoms with Crippen LogP contribution in [0.4, 0.5) is 5.13 Å². The summed E-state index contributed by atoms with van der Waals surface area (Å²) >= 11 is 1.18. The van der Waals surface area contributed by atoms with Crippen molar-refractivity contribution in [2.24, 2.45) is 0 Å². The van der Waals surface area contributed by atoms with Gasteiger partial charge in [-0.15, -0.1) is 11.3 Å². The van der Waals surface area contributed by atoms with E-state index in [-0.39, 0.29) is 24.8 Å². The van der Waals surface area contributed by atoms with Gasteiger partial charge in [-0.3, -0.25) is 14.4 Å². The maximum Gasteiger partial charge on any atom is 0.309 e. The molecule has 120 valence electrons. The summed E-state index contributed by atoms with van der Waals surface area (Å²) in [6.07, 6.45) is 4.26. The van der Waals surface area contributed by atoms with Crippen LogP contribution in [0.3, 0.4) is 0 Å².